The van der Waals surface area contributed by atoms with Gasteiger partial charge in [0.2, 0.25) is 0 Å². The zero-order valence-corrected chi connectivity index (χ0v) is 22.8. The minimum absolute atomic E-state index is 0.0242. The Labute approximate surface area is 217 Å². The molecule has 0 spiro atoms. The lowest BCUT2D eigenvalue weighted by Crippen LogP contribution is -2.47. The maximum Gasteiger partial charge on any atom is 0.157 e. The van der Waals surface area contributed by atoms with Gasteiger partial charge >= 0.3 is 0 Å². The van der Waals surface area contributed by atoms with Gasteiger partial charge in [-0.15, -0.1) is 0 Å². The van der Waals surface area contributed by atoms with Crippen LogP contribution >= 0.6 is 0 Å². The summed E-state index contributed by atoms with van der Waals surface area (Å²) in [5, 5.41) is 50.2. The number of aliphatic hydroxyl groups excluding tert-OH is 4. The number of hydrogen-bond acceptors (Lipinski definition) is 6. The van der Waals surface area contributed by atoms with E-state index in [0.29, 0.717) is 35.2 Å². The zero-order chi connectivity index (χ0) is 26.7. The number of rotatable bonds is 10. The SMILES string of the molecule is C=C1/C(=C\C=C2/CCC[C@]3(C)[C@@H]([C@H](C)CCCC(C)(C)O)CC[C@@H]23)C[C@@H](O)[C@@H](OC(O)CCO)[C@@H]1O. The Balaban J connectivity index is 1.68. The molecule has 1 unspecified atom stereocenters. The second-order valence-electron chi connectivity index (χ2n) is 12.5. The van der Waals surface area contributed by atoms with Crippen molar-refractivity contribution in [1.82, 2.24) is 0 Å². The van der Waals surface area contributed by atoms with Gasteiger partial charge in [-0.2, -0.15) is 0 Å². The monoisotopic (exact) mass is 506 g/mol. The molecule has 0 heterocycles. The van der Waals surface area contributed by atoms with Crippen LogP contribution in [-0.2, 0) is 4.74 Å². The fourth-order valence-corrected chi connectivity index (χ4v) is 7.25. The van der Waals surface area contributed by atoms with Gasteiger partial charge in [0.1, 0.15) is 12.2 Å². The van der Waals surface area contributed by atoms with E-state index in [2.05, 4.69) is 26.5 Å². The highest BCUT2D eigenvalue weighted by Crippen LogP contribution is 2.60. The molecule has 3 fully saturated rings. The van der Waals surface area contributed by atoms with Crippen LogP contribution in [0.3, 0.4) is 0 Å². The van der Waals surface area contributed by atoms with Crippen molar-refractivity contribution in [2.24, 2.45) is 23.2 Å². The van der Waals surface area contributed by atoms with Gasteiger partial charge in [0.25, 0.3) is 0 Å². The molecule has 0 aliphatic heterocycles. The quantitative estimate of drug-likeness (QED) is 0.281. The van der Waals surface area contributed by atoms with Crippen LogP contribution in [0, 0.1) is 23.2 Å². The molecule has 3 saturated carbocycles. The van der Waals surface area contributed by atoms with Crippen molar-refractivity contribution in [2.75, 3.05) is 6.61 Å². The summed E-state index contributed by atoms with van der Waals surface area (Å²) in [6, 6.07) is 0. The predicted octanol–water partition coefficient (Wildman–Crippen LogP) is 4.40. The van der Waals surface area contributed by atoms with Crippen LogP contribution in [0.4, 0.5) is 0 Å². The van der Waals surface area contributed by atoms with Gasteiger partial charge in [-0.05, 0) is 86.7 Å². The summed E-state index contributed by atoms with van der Waals surface area (Å²) < 4.78 is 5.40. The fourth-order valence-electron chi connectivity index (χ4n) is 7.25. The van der Waals surface area contributed by atoms with Crippen LogP contribution in [0.15, 0.2) is 35.5 Å². The zero-order valence-electron chi connectivity index (χ0n) is 22.8. The summed E-state index contributed by atoms with van der Waals surface area (Å²) in [5.74, 6) is 1.89. The van der Waals surface area contributed by atoms with Gasteiger partial charge in [0, 0.05) is 19.4 Å². The maximum atomic E-state index is 10.7. The molecule has 6 heteroatoms. The van der Waals surface area contributed by atoms with Gasteiger partial charge in [0.15, 0.2) is 6.29 Å². The van der Waals surface area contributed by atoms with Gasteiger partial charge < -0.3 is 30.3 Å². The van der Waals surface area contributed by atoms with Gasteiger partial charge in [0.05, 0.1) is 11.7 Å². The molecule has 0 saturated heterocycles. The summed E-state index contributed by atoms with van der Waals surface area (Å²) in [6.07, 6.45) is 9.34. The number of fused-ring (bicyclic) bond motifs is 1. The molecule has 0 aromatic carbocycles. The first-order valence-electron chi connectivity index (χ1n) is 14.0. The summed E-state index contributed by atoms with van der Waals surface area (Å²) in [4.78, 5) is 0. The molecule has 6 nitrogen and oxygen atoms in total. The normalized spacial score (nSPS) is 37.4. The summed E-state index contributed by atoms with van der Waals surface area (Å²) >= 11 is 0. The van der Waals surface area contributed by atoms with Crippen molar-refractivity contribution >= 4 is 0 Å². The number of ether oxygens (including phenoxy) is 1. The molecular formula is C30H50O6. The fraction of sp³-hybridized carbons (Fsp3) is 0.800. The highest BCUT2D eigenvalue weighted by atomic mass is 16.6. The van der Waals surface area contributed by atoms with Crippen LogP contribution in [0.1, 0.15) is 91.9 Å². The van der Waals surface area contributed by atoms with E-state index in [9.17, 15) is 20.4 Å². The number of aliphatic hydroxyl groups is 5. The van der Waals surface area contributed by atoms with E-state index in [-0.39, 0.29) is 13.0 Å². The summed E-state index contributed by atoms with van der Waals surface area (Å²) in [6.45, 7) is 12.5. The molecule has 0 amide bonds. The minimum atomic E-state index is -1.24. The standard InChI is InChI=1S/C30H50O6/c1-19(8-6-15-29(3,4)35)23-12-13-24-21(9-7-16-30(23,24)5)10-11-22-18-25(32)28(27(34)20(22)2)36-26(33)14-17-31/h10-11,19,23-28,31-35H,2,6-9,12-18H2,1,3-5H3/b21-10+,22-11-/t19-,23-,24+,25-,26?,27-,28-,30-/m1/s1. The van der Waals surface area contributed by atoms with Gasteiger partial charge in [-0.1, -0.05) is 51.0 Å². The van der Waals surface area contributed by atoms with E-state index in [1.54, 1.807) is 0 Å². The van der Waals surface area contributed by atoms with Crippen molar-refractivity contribution in [3.8, 4) is 0 Å². The second-order valence-corrected chi connectivity index (χ2v) is 12.5. The van der Waals surface area contributed by atoms with Crippen LogP contribution in [0.2, 0.25) is 0 Å². The molecule has 36 heavy (non-hydrogen) atoms. The molecule has 0 aromatic rings. The number of hydrogen-bond donors (Lipinski definition) is 5. The van der Waals surface area contributed by atoms with E-state index in [1.165, 1.54) is 31.3 Å². The maximum absolute atomic E-state index is 10.7. The Morgan fingerprint density at radius 3 is 2.58 bits per heavy atom. The predicted molar refractivity (Wildman–Crippen MR) is 142 cm³/mol. The Kier molecular flexibility index (Phi) is 10.0. The molecule has 0 aromatic heterocycles. The second kappa shape index (κ2) is 12.2. The van der Waals surface area contributed by atoms with Crippen LogP contribution in [0.25, 0.3) is 0 Å². The molecule has 3 rings (SSSR count). The topological polar surface area (TPSA) is 110 Å². The van der Waals surface area contributed by atoms with E-state index in [4.69, 9.17) is 9.84 Å². The Morgan fingerprint density at radius 2 is 1.92 bits per heavy atom. The van der Waals surface area contributed by atoms with E-state index in [1.807, 2.05) is 19.9 Å². The molecule has 3 aliphatic rings. The molecule has 0 bridgehead atoms. The highest BCUT2D eigenvalue weighted by Gasteiger charge is 2.50. The minimum Gasteiger partial charge on any atom is -0.396 e. The molecule has 206 valence electrons. The first kappa shape index (κ1) is 29.5. The molecule has 8 atom stereocenters. The van der Waals surface area contributed by atoms with Gasteiger partial charge in [-0.25, -0.2) is 0 Å². The van der Waals surface area contributed by atoms with E-state index >= 15 is 0 Å². The van der Waals surface area contributed by atoms with Crippen molar-refractivity contribution in [1.29, 1.82) is 0 Å². The van der Waals surface area contributed by atoms with Crippen LogP contribution < -0.4 is 0 Å². The highest BCUT2D eigenvalue weighted by molar-refractivity contribution is 5.40. The largest absolute Gasteiger partial charge is 0.396 e. The summed E-state index contributed by atoms with van der Waals surface area (Å²) in [7, 11) is 0. The first-order chi connectivity index (χ1) is 16.9. The van der Waals surface area contributed by atoms with Crippen LogP contribution in [0.5, 0.6) is 0 Å². The molecule has 0 radical (unpaired) electrons. The van der Waals surface area contributed by atoms with Gasteiger partial charge in [-0.3, -0.25) is 0 Å². The van der Waals surface area contributed by atoms with E-state index in [0.717, 1.165) is 31.3 Å². The van der Waals surface area contributed by atoms with Crippen molar-refractivity contribution < 1.29 is 30.3 Å². The Bertz CT molecular complexity index is 811. The Hall–Kier alpha value is -1.02. The van der Waals surface area contributed by atoms with Crippen molar-refractivity contribution in [3.63, 3.8) is 0 Å². The average molecular weight is 507 g/mol. The van der Waals surface area contributed by atoms with E-state index < -0.39 is 30.2 Å². The molecule has 3 aliphatic carbocycles. The molecular weight excluding hydrogens is 456 g/mol. The van der Waals surface area contributed by atoms with Crippen molar-refractivity contribution in [3.05, 3.63) is 35.5 Å². The van der Waals surface area contributed by atoms with Crippen LogP contribution in [-0.4, -0.2) is 62.3 Å². The molecule has 5 N–H and O–H groups in total. The summed E-state index contributed by atoms with van der Waals surface area (Å²) in [5.41, 5.74) is 2.51. The third kappa shape index (κ3) is 6.89. The smallest absolute Gasteiger partial charge is 0.157 e. The van der Waals surface area contributed by atoms with Crippen molar-refractivity contribution in [2.45, 2.75) is 122 Å². The third-order valence-electron chi connectivity index (χ3n) is 9.25. The first-order valence-corrected chi connectivity index (χ1v) is 14.0. The lowest BCUT2D eigenvalue weighted by Gasteiger charge is -2.44. The number of allylic oxidation sites excluding steroid dienone is 3. The lowest BCUT2D eigenvalue weighted by atomic mass is 9.60. The lowest BCUT2D eigenvalue weighted by molar-refractivity contribution is -0.196. The Morgan fingerprint density at radius 1 is 1.19 bits per heavy atom. The third-order valence-corrected chi connectivity index (χ3v) is 9.25. The average Bonchev–Trinajstić information content (AvgIpc) is 3.15.